The Morgan fingerprint density at radius 2 is 2.00 bits per heavy atom. The van der Waals surface area contributed by atoms with Gasteiger partial charge in [0.1, 0.15) is 0 Å². The highest BCUT2D eigenvalue weighted by molar-refractivity contribution is 5.82. The number of allylic oxidation sites excluding steroid dienone is 4. The molecule has 1 aromatic carbocycles. The van der Waals surface area contributed by atoms with E-state index in [1.807, 2.05) is 6.21 Å². The molecule has 1 heterocycles. The molecule has 104 valence electrons. The average molecular weight is 266 g/mol. The van der Waals surface area contributed by atoms with Crippen LogP contribution in [0.25, 0.3) is 0 Å². The van der Waals surface area contributed by atoms with Crippen LogP contribution < -0.4 is 5.32 Å². The topological polar surface area (TPSA) is 24.4 Å². The number of dihydropyridines is 1. The van der Waals surface area contributed by atoms with E-state index in [2.05, 4.69) is 61.9 Å². The summed E-state index contributed by atoms with van der Waals surface area (Å²) in [6, 6.07) is 6.49. The molecule has 0 amide bonds. The second-order valence-corrected chi connectivity index (χ2v) is 5.36. The number of hydrogen-bond acceptors (Lipinski definition) is 2. The Morgan fingerprint density at radius 3 is 2.65 bits per heavy atom. The second kappa shape index (κ2) is 5.91. The molecule has 2 rings (SSSR count). The van der Waals surface area contributed by atoms with Crippen LogP contribution in [0.2, 0.25) is 0 Å². The van der Waals surface area contributed by atoms with Crippen molar-refractivity contribution < 1.29 is 0 Å². The fraction of sp³-hybridized carbons (Fsp3) is 0.278. The van der Waals surface area contributed by atoms with Gasteiger partial charge >= 0.3 is 0 Å². The highest BCUT2D eigenvalue weighted by atomic mass is 14.9. The van der Waals surface area contributed by atoms with Crippen molar-refractivity contribution in [3.05, 3.63) is 70.1 Å². The molecule has 1 aromatic rings. The van der Waals surface area contributed by atoms with Crippen molar-refractivity contribution in [3.63, 3.8) is 0 Å². The molecule has 2 nitrogen and oxygen atoms in total. The first-order chi connectivity index (χ1) is 9.51. The van der Waals surface area contributed by atoms with Crippen LogP contribution in [0.5, 0.6) is 0 Å². The van der Waals surface area contributed by atoms with E-state index in [0.29, 0.717) is 0 Å². The van der Waals surface area contributed by atoms with Crippen LogP contribution in [-0.4, -0.2) is 13.3 Å². The van der Waals surface area contributed by atoms with Gasteiger partial charge in [-0.2, -0.15) is 0 Å². The molecule has 2 heteroatoms. The van der Waals surface area contributed by atoms with E-state index in [-0.39, 0.29) is 0 Å². The smallest absolute Gasteiger partial charge is 0.0347 e. The molecule has 0 spiro atoms. The molecule has 0 saturated carbocycles. The number of hydrogen-bond donors (Lipinski definition) is 1. The lowest BCUT2D eigenvalue weighted by atomic mass is 9.92. The number of aliphatic imine (C=N–C) groups is 1. The SMILES string of the molecule is C=C1NC(C)=CC(C)=C1Cc1cc(C)ccc1/C=N\C. The number of aryl methyl sites for hydroxylation is 1. The van der Waals surface area contributed by atoms with Crippen molar-refractivity contribution in [3.8, 4) is 0 Å². The fourth-order valence-corrected chi connectivity index (χ4v) is 2.59. The first-order valence-electron chi connectivity index (χ1n) is 6.87. The monoisotopic (exact) mass is 266 g/mol. The predicted octanol–water partition coefficient (Wildman–Crippen LogP) is 3.92. The summed E-state index contributed by atoms with van der Waals surface area (Å²) in [5, 5.41) is 3.32. The fourth-order valence-electron chi connectivity index (χ4n) is 2.59. The van der Waals surface area contributed by atoms with Gasteiger partial charge in [0.15, 0.2) is 0 Å². The van der Waals surface area contributed by atoms with Gasteiger partial charge in [-0.3, -0.25) is 4.99 Å². The number of nitrogens with one attached hydrogen (secondary N) is 1. The van der Waals surface area contributed by atoms with Crippen LogP contribution >= 0.6 is 0 Å². The van der Waals surface area contributed by atoms with E-state index >= 15 is 0 Å². The van der Waals surface area contributed by atoms with Gasteiger partial charge < -0.3 is 5.32 Å². The molecule has 0 atom stereocenters. The largest absolute Gasteiger partial charge is 0.359 e. The highest BCUT2D eigenvalue weighted by Crippen LogP contribution is 2.25. The minimum atomic E-state index is 0.879. The number of rotatable bonds is 3. The molecule has 0 saturated heterocycles. The van der Waals surface area contributed by atoms with Crippen molar-refractivity contribution in [2.75, 3.05) is 7.05 Å². The zero-order valence-electron chi connectivity index (χ0n) is 12.7. The van der Waals surface area contributed by atoms with E-state index < -0.39 is 0 Å². The van der Waals surface area contributed by atoms with Gasteiger partial charge in [-0.05, 0) is 49.1 Å². The first kappa shape index (κ1) is 14.3. The lowest BCUT2D eigenvalue weighted by Crippen LogP contribution is -2.18. The van der Waals surface area contributed by atoms with E-state index in [1.165, 1.54) is 27.8 Å². The van der Waals surface area contributed by atoms with Gasteiger partial charge in [0, 0.05) is 31.1 Å². The second-order valence-electron chi connectivity index (χ2n) is 5.36. The van der Waals surface area contributed by atoms with E-state index in [1.54, 1.807) is 7.05 Å². The van der Waals surface area contributed by atoms with Gasteiger partial charge in [-0.1, -0.05) is 30.3 Å². The average Bonchev–Trinajstić information content (AvgIpc) is 2.37. The summed E-state index contributed by atoms with van der Waals surface area (Å²) in [7, 11) is 1.81. The summed E-state index contributed by atoms with van der Waals surface area (Å²) in [4.78, 5) is 4.15. The van der Waals surface area contributed by atoms with Crippen molar-refractivity contribution in [1.82, 2.24) is 5.32 Å². The summed E-state index contributed by atoms with van der Waals surface area (Å²) in [6.07, 6.45) is 4.97. The van der Waals surface area contributed by atoms with Crippen molar-refractivity contribution in [2.45, 2.75) is 27.2 Å². The molecule has 1 aliphatic heterocycles. The molecule has 0 aromatic heterocycles. The Hall–Kier alpha value is -2.09. The standard InChI is InChI=1S/C18H22N2/c1-12-6-7-16(11-19-5)17(8-12)10-18-13(2)9-14(3)20-15(18)4/h6-9,11,20H,4,10H2,1-3,5H3/b19-11-. The zero-order chi connectivity index (χ0) is 14.7. The minimum absolute atomic E-state index is 0.879. The van der Waals surface area contributed by atoms with Crippen molar-refractivity contribution in [1.29, 1.82) is 0 Å². The minimum Gasteiger partial charge on any atom is -0.359 e. The molecule has 1 N–H and O–H groups in total. The van der Waals surface area contributed by atoms with Crippen LogP contribution in [0, 0.1) is 6.92 Å². The molecule has 20 heavy (non-hydrogen) atoms. The van der Waals surface area contributed by atoms with E-state index in [4.69, 9.17) is 0 Å². The Balaban J connectivity index is 2.41. The normalized spacial score (nSPS) is 15.6. The number of benzene rings is 1. The van der Waals surface area contributed by atoms with Gasteiger partial charge in [0.05, 0.1) is 0 Å². The highest BCUT2D eigenvalue weighted by Gasteiger charge is 2.14. The van der Waals surface area contributed by atoms with E-state index in [0.717, 1.165) is 17.8 Å². The Labute approximate surface area is 121 Å². The summed E-state index contributed by atoms with van der Waals surface area (Å²) < 4.78 is 0. The maximum absolute atomic E-state index is 4.15. The number of nitrogens with zero attached hydrogens (tertiary/aromatic N) is 1. The van der Waals surface area contributed by atoms with Crippen molar-refractivity contribution >= 4 is 6.21 Å². The maximum Gasteiger partial charge on any atom is 0.0347 e. The first-order valence-corrected chi connectivity index (χ1v) is 6.87. The quantitative estimate of drug-likeness (QED) is 0.824. The lowest BCUT2D eigenvalue weighted by Gasteiger charge is -2.22. The Kier molecular flexibility index (Phi) is 4.23. The molecule has 0 radical (unpaired) electrons. The Bertz CT molecular complexity index is 631. The molecule has 1 aliphatic rings. The third-order valence-corrected chi connectivity index (χ3v) is 3.56. The van der Waals surface area contributed by atoms with Gasteiger partial charge in [0.2, 0.25) is 0 Å². The summed E-state index contributed by atoms with van der Waals surface area (Å²) in [5.74, 6) is 0. The third kappa shape index (κ3) is 3.08. The molecular formula is C18H22N2. The third-order valence-electron chi connectivity index (χ3n) is 3.56. The Morgan fingerprint density at radius 1 is 1.25 bits per heavy atom. The van der Waals surface area contributed by atoms with Crippen LogP contribution in [0.4, 0.5) is 0 Å². The summed E-state index contributed by atoms with van der Waals surface area (Å²) in [6.45, 7) is 10.5. The van der Waals surface area contributed by atoms with Crippen LogP contribution in [0.15, 0.2) is 58.4 Å². The predicted molar refractivity (Wildman–Crippen MR) is 87.1 cm³/mol. The van der Waals surface area contributed by atoms with Crippen molar-refractivity contribution in [2.24, 2.45) is 4.99 Å². The van der Waals surface area contributed by atoms with Gasteiger partial charge in [-0.25, -0.2) is 0 Å². The van der Waals surface area contributed by atoms with E-state index in [9.17, 15) is 0 Å². The zero-order valence-corrected chi connectivity index (χ0v) is 12.7. The summed E-state index contributed by atoms with van der Waals surface area (Å²) >= 11 is 0. The van der Waals surface area contributed by atoms with Crippen LogP contribution in [-0.2, 0) is 6.42 Å². The molecule has 0 fully saturated rings. The van der Waals surface area contributed by atoms with Crippen LogP contribution in [0.1, 0.15) is 30.5 Å². The van der Waals surface area contributed by atoms with Gasteiger partial charge in [0.25, 0.3) is 0 Å². The maximum atomic E-state index is 4.15. The van der Waals surface area contributed by atoms with Crippen LogP contribution in [0.3, 0.4) is 0 Å². The lowest BCUT2D eigenvalue weighted by molar-refractivity contribution is 0.917. The summed E-state index contributed by atoms with van der Waals surface area (Å²) in [5.41, 5.74) is 8.45. The molecule has 0 bridgehead atoms. The molecule has 0 unspecified atom stereocenters. The van der Waals surface area contributed by atoms with Gasteiger partial charge in [-0.15, -0.1) is 0 Å². The molecule has 0 aliphatic carbocycles. The molecular weight excluding hydrogens is 244 g/mol.